The second kappa shape index (κ2) is 9.12. The van der Waals surface area contributed by atoms with Crippen molar-refractivity contribution in [3.63, 3.8) is 0 Å². The maximum atomic E-state index is 12.9. The van der Waals surface area contributed by atoms with Crippen molar-refractivity contribution in [2.75, 3.05) is 11.9 Å². The molecule has 0 saturated carbocycles. The average molecular weight is 412 g/mol. The van der Waals surface area contributed by atoms with Crippen molar-refractivity contribution in [3.8, 4) is 0 Å². The van der Waals surface area contributed by atoms with Gasteiger partial charge in [0.2, 0.25) is 0 Å². The summed E-state index contributed by atoms with van der Waals surface area (Å²) in [5.41, 5.74) is 1.40. The molecule has 0 aliphatic rings. The van der Waals surface area contributed by atoms with E-state index in [9.17, 15) is 18.8 Å². The first-order valence-electron chi connectivity index (χ1n) is 8.55. The number of Topliss-reactive ketones (excluding diaryl/α,β-unsaturated/α-hetero) is 1. The Morgan fingerprint density at radius 1 is 0.793 bits per heavy atom. The molecule has 0 aliphatic heterocycles. The van der Waals surface area contributed by atoms with Crippen LogP contribution in [0.4, 0.5) is 10.1 Å². The smallest absolute Gasteiger partial charge is 0.338 e. The molecular formula is C22H15ClFNO4. The van der Waals surface area contributed by atoms with Crippen LogP contribution in [0.5, 0.6) is 0 Å². The van der Waals surface area contributed by atoms with Gasteiger partial charge in [-0.05, 0) is 72.8 Å². The summed E-state index contributed by atoms with van der Waals surface area (Å²) in [6, 6.07) is 17.4. The van der Waals surface area contributed by atoms with Crippen molar-refractivity contribution in [3.05, 3.63) is 100 Å². The van der Waals surface area contributed by atoms with E-state index in [0.29, 0.717) is 16.3 Å². The molecule has 29 heavy (non-hydrogen) atoms. The average Bonchev–Trinajstić information content (AvgIpc) is 2.73. The number of benzene rings is 3. The lowest BCUT2D eigenvalue weighted by molar-refractivity contribution is 0.0474. The van der Waals surface area contributed by atoms with Gasteiger partial charge in [0.1, 0.15) is 5.82 Å². The molecule has 0 unspecified atom stereocenters. The van der Waals surface area contributed by atoms with Crippen molar-refractivity contribution >= 4 is 34.9 Å². The van der Waals surface area contributed by atoms with Crippen LogP contribution >= 0.6 is 11.6 Å². The molecule has 1 N–H and O–H groups in total. The van der Waals surface area contributed by atoms with Gasteiger partial charge in [0.15, 0.2) is 12.4 Å². The molecule has 0 saturated heterocycles. The monoisotopic (exact) mass is 411 g/mol. The summed E-state index contributed by atoms with van der Waals surface area (Å²) in [6.07, 6.45) is 0. The van der Waals surface area contributed by atoms with Gasteiger partial charge in [0.05, 0.1) is 5.56 Å². The first kappa shape index (κ1) is 20.2. The molecule has 0 bridgehead atoms. The summed E-state index contributed by atoms with van der Waals surface area (Å²) in [6.45, 7) is -0.459. The van der Waals surface area contributed by atoms with Crippen molar-refractivity contribution in [2.24, 2.45) is 0 Å². The maximum absolute atomic E-state index is 12.9. The molecule has 0 atom stereocenters. The largest absolute Gasteiger partial charge is 0.454 e. The van der Waals surface area contributed by atoms with E-state index in [4.69, 9.17) is 16.3 Å². The third-order valence-electron chi connectivity index (χ3n) is 3.99. The van der Waals surface area contributed by atoms with Gasteiger partial charge in [-0.2, -0.15) is 0 Å². The molecule has 0 heterocycles. The van der Waals surface area contributed by atoms with E-state index in [1.165, 1.54) is 24.3 Å². The summed E-state index contributed by atoms with van der Waals surface area (Å²) in [5, 5.41) is 3.23. The van der Waals surface area contributed by atoms with Gasteiger partial charge in [0.25, 0.3) is 5.91 Å². The van der Waals surface area contributed by atoms with Crippen LogP contribution in [-0.4, -0.2) is 24.3 Å². The van der Waals surface area contributed by atoms with Crippen LogP contribution in [0, 0.1) is 5.82 Å². The quantitative estimate of drug-likeness (QED) is 0.468. The van der Waals surface area contributed by atoms with Crippen LogP contribution in [0.3, 0.4) is 0 Å². The van der Waals surface area contributed by atoms with Crippen molar-refractivity contribution in [1.29, 1.82) is 0 Å². The molecule has 0 spiro atoms. The molecule has 146 valence electrons. The highest BCUT2D eigenvalue weighted by Crippen LogP contribution is 2.14. The highest BCUT2D eigenvalue weighted by molar-refractivity contribution is 6.30. The van der Waals surface area contributed by atoms with Crippen LogP contribution in [-0.2, 0) is 4.74 Å². The van der Waals surface area contributed by atoms with Crippen LogP contribution in [0.15, 0.2) is 72.8 Å². The number of amides is 1. The normalized spacial score (nSPS) is 10.3. The number of halogens is 2. The molecular weight excluding hydrogens is 397 g/mol. The van der Waals surface area contributed by atoms with Gasteiger partial charge >= 0.3 is 5.97 Å². The maximum Gasteiger partial charge on any atom is 0.338 e. The number of rotatable bonds is 6. The van der Waals surface area contributed by atoms with E-state index in [1.807, 2.05) is 0 Å². The van der Waals surface area contributed by atoms with E-state index in [0.717, 1.165) is 12.1 Å². The summed E-state index contributed by atoms with van der Waals surface area (Å²) < 4.78 is 17.9. The fourth-order valence-corrected chi connectivity index (χ4v) is 2.55. The Kier molecular flexibility index (Phi) is 6.36. The number of ether oxygens (including phenoxy) is 1. The van der Waals surface area contributed by atoms with Crippen LogP contribution in [0.1, 0.15) is 31.1 Å². The summed E-state index contributed by atoms with van der Waals surface area (Å²) in [7, 11) is 0. The molecule has 3 rings (SSSR count). The summed E-state index contributed by atoms with van der Waals surface area (Å²) in [4.78, 5) is 36.2. The zero-order chi connectivity index (χ0) is 20.8. The number of esters is 1. The van der Waals surface area contributed by atoms with E-state index in [2.05, 4.69) is 5.32 Å². The number of ketones is 1. The van der Waals surface area contributed by atoms with E-state index < -0.39 is 24.2 Å². The van der Waals surface area contributed by atoms with Gasteiger partial charge in [-0.3, -0.25) is 9.59 Å². The minimum atomic E-state index is -0.684. The summed E-state index contributed by atoms with van der Waals surface area (Å²) in [5.74, 6) is -1.90. The standard InChI is InChI=1S/C22H15ClFNO4/c23-17-7-1-15(2-8-17)21(27)25-19-11-5-16(6-12-19)22(28)29-13-20(26)14-3-9-18(24)10-4-14/h1-12H,13H2,(H,25,27). The highest BCUT2D eigenvalue weighted by atomic mass is 35.5. The SMILES string of the molecule is O=C(COC(=O)c1ccc(NC(=O)c2ccc(Cl)cc2)cc1)c1ccc(F)cc1. The number of nitrogens with one attached hydrogen (secondary N) is 1. The van der Waals surface area contributed by atoms with Gasteiger partial charge < -0.3 is 10.1 Å². The zero-order valence-corrected chi connectivity index (χ0v) is 15.8. The van der Waals surface area contributed by atoms with Gasteiger partial charge in [0, 0.05) is 21.8 Å². The van der Waals surface area contributed by atoms with Gasteiger partial charge in [-0.1, -0.05) is 11.6 Å². The number of carbonyl (C=O) groups excluding carboxylic acids is 3. The minimum Gasteiger partial charge on any atom is -0.454 e. The molecule has 5 nitrogen and oxygen atoms in total. The van der Waals surface area contributed by atoms with E-state index >= 15 is 0 Å². The lowest BCUT2D eigenvalue weighted by Crippen LogP contribution is -2.15. The lowest BCUT2D eigenvalue weighted by Gasteiger charge is -2.07. The Morgan fingerprint density at radius 3 is 1.97 bits per heavy atom. The predicted molar refractivity (Wildman–Crippen MR) is 107 cm³/mol. The first-order chi connectivity index (χ1) is 13.9. The number of carbonyl (C=O) groups is 3. The zero-order valence-electron chi connectivity index (χ0n) is 15.0. The fourth-order valence-electron chi connectivity index (χ4n) is 2.43. The van der Waals surface area contributed by atoms with Crippen LogP contribution in [0.2, 0.25) is 5.02 Å². The lowest BCUT2D eigenvalue weighted by atomic mass is 10.1. The Labute approximate surface area is 171 Å². The number of anilines is 1. The Balaban J connectivity index is 1.55. The molecule has 0 aromatic heterocycles. The number of hydrogen-bond acceptors (Lipinski definition) is 4. The van der Waals surface area contributed by atoms with Crippen LogP contribution in [0.25, 0.3) is 0 Å². The van der Waals surface area contributed by atoms with E-state index in [1.54, 1.807) is 36.4 Å². The first-order valence-corrected chi connectivity index (χ1v) is 8.93. The second-order valence-corrected chi connectivity index (χ2v) is 6.48. The summed E-state index contributed by atoms with van der Waals surface area (Å²) >= 11 is 5.80. The van der Waals surface area contributed by atoms with Crippen LogP contribution < -0.4 is 5.32 Å². The number of hydrogen-bond donors (Lipinski definition) is 1. The Bertz CT molecular complexity index is 1030. The minimum absolute atomic E-state index is 0.224. The molecule has 0 fully saturated rings. The molecule has 3 aromatic carbocycles. The topological polar surface area (TPSA) is 72.5 Å². The van der Waals surface area contributed by atoms with Crippen molar-refractivity contribution in [2.45, 2.75) is 0 Å². The van der Waals surface area contributed by atoms with Gasteiger partial charge in [-0.15, -0.1) is 0 Å². The third kappa shape index (κ3) is 5.49. The third-order valence-corrected chi connectivity index (χ3v) is 4.24. The second-order valence-electron chi connectivity index (χ2n) is 6.04. The predicted octanol–water partition coefficient (Wildman–Crippen LogP) is 4.77. The molecule has 0 aliphatic carbocycles. The van der Waals surface area contributed by atoms with E-state index in [-0.39, 0.29) is 17.0 Å². The molecule has 0 radical (unpaired) electrons. The van der Waals surface area contributed by atoms with Gasteiger partial charge in [-0.25, -0.2) is 9.18 Å². The molecule has 7 heteroatoms. The van der Waals surface area contributed by atoms with Crippen molar-refractivity contribution < 1.29 is 23.5 Å². The Hall–Kier alpha value is -3.51. The molecule has 1 amide bonds. The van der Waals surface area contributed by atoms with Crippen molar-refractivity contribution in [1.82, 2.24) is 0 Å². The highest BCUT2D eigenvalue weighted by Gasteiger charge is 2.13. The molecule has 3 aromatic rings. The Morgan fingerprint density at radius 2 is 1.34 bits per heavy atom. The fraction of sp³-hybridized carbons (Fsp3) is 0.0455.